The molecule has 0 heterocycles. The average Bonchev–Trinajstić information content (AvgIpc) is 2.10. The molecule has 4 heteroatoms. The van der Waals surface area contributed by atoms with Crippen molar-refractivity contribution >= 4 is 5.91 Å². The number of carbonyl (C=O) groups is 1. The van der Waals surface area contributed by atoms with E-state index in [0.29, 0.717) is 6.42 Å². The van der Waals surface area contributed by atoms with Gasteiger partial charge >= 0.3 is 0 Å². The zero-order valence-electron chi connectivity index (χ0n) is 9.42. The van der Waals surface area contributed by atoms with Gasteiger partial charge in [0.25, 0.3) is 5.91 Å². The zero-order valence-corrected chi connectivity index (χ0v) is 9.42. The maximum Gasteiger partial charge on any atom is 0.254 e. The van der Waals surface area contributed by atoms with E-state index in [1.165, 1.54) is 20.9 Å². The number of hydrogen-bond acceptors (Lipinski definition) is 3. The summed E-state index contributed by atoms with van der Waals surface area (Å²) < 4.78 is 0. The van der Waals surface area contributed by atoms with Crippen LogP contribution < -0.4 is 5.32 Å². The number of likely N-dealkylation sites (N-methyl/N-ethyl adjacent to an activating group) is 1. The van der Waals surface area contributed by atoms with Gasteiger partial charge in [0.05, 0.1) is 5.60 Å². The van der Waals surface area contributed by atoms with Crippen LogP contribution in [-0.4, -0.2) is 34.4 Å². The van der Waals surface area contributed by atoms with Crippen LogP contribution in [0.4, 0.5) is 0 Å². The molecule has 0 aromatic carbocycles. The Morgan fingerprint density at radius 2 is 1.86 bits per heavy atom. The van der Waals surface area contributed by atoms with E-state index in [0.717, 1.165) is 6.42 Å². The molecule has 0 rings (SSSR count). The van der Waals surface area contributed by atoms with Gasteiger partial charge in [-0.15, -0.1) is 0 Å². The van der Waals surface area contributed by atoms with Gasteiger partial charge in [0.2, 0.25) is 0 Å². The molecule has 1 amide bonds. The van der Waals surface area contributed by atoms with Gasteiger partial charge in [-0.25, -0.2) is 0 Å². The lowest BCUT2D eigenvalue weighted by atomic mass is 9.81. The zero-order chi connectivity index (χ0) is 11.4. The first-order chi connectivity index (χ1) is 6.29. The fourth-order valence-corrected chi connectivity index (χ4v) is 1.34. The molecule has 0 saturated heterocycles. The summed E-state index contributed by atoms with van der Waals surface area (Å²) in [5.74, 6) is -0.529. The van der Waals surface area contributed by atoms with Gasteiger partial charge in [-0.2, -0.15) is 0 Å². The maximum absolute atomic E-state index is 11.5. The lowest BCUT2D eigenvalue weighted by molar-refractivity contribution is -0.170. The Hall–Kier alpha value is -0.610. The SMILES string of the molecule is CCCCC(O)(C(=O)NC)C(C)(C)O. The molecular formula is C10H21NO3. The molecule has 84 valence electrons. The number of aliphatic hydroxyl groups is 2. The van der Waals surface area contributed by atoms with Crippen molar-refractivity contribution in [2.45, 2.75) is 51.2 Å². The molecule has 0 spiro atoms. The molecule has 14 heavy (non-hydrogen) atoms. The van der Waals surface area contributed by atoms with Crippen LogP contribution in [0.25, 0.3) is 0 Å². The summed E-state index contributed by atoms with van der Waals surface area (Å²) in [4.78, 5) is 11.5. The van der Waals surface area contributed by atoms with Gasteiger partial charge in [0.15, 0.2) is 5.60 Å². The summed E-state index contributed by atoms with van der Waals surface area (Å²) in [6.07, 6.45) is 1.84. The quantitative estimate of drug-likeness (QED) is 0.606. The Labute approximate surface area is 85.3 Å². The van der Waals surface area contributed by atoms with Crippen LogP contribution >= 0.6 is 0 Å². The Bertz CT molecular complexity index is 198. The van der Waals surface area contributed by atoms with Gasteiger partial charge in [-0.05, 0) is 20.3 Å². The minimum atomic E-state index is -1.70. The predicted octanol–water partition coefficient (Wildman–Crippen LogP) is 0.425. The van der Waals surface area contributed by atoms with E-state index < -0.39 is 17.1 Å². The Morgan fingerprint density at radius 1 is 1.36 bits per heavy atom. The normalized spacial score (nSPS) is 16.1. The van der Waals surface area contributed by atoms with Gasteiger partial charge in [-0.3, -0.25) is 4.79 Å². The van der Waals surface area contributed by atoms with E-state index >= 15 is 0 Å². The molecule has 0 aliphatic carbocycles. The van der Waals surface area contributed by atoms with Crippen molar-refractivity contribution in [1.29, 1.82) is 0 Å². The van der Waals surface area contributed by atoms with Crippen molar-refractivity contribution < 1.29 is 15.0 Å². The number of rotatable bonds is 5. The largest absolute Gasteiger partial charge is 0.387 e. The summed E-state index contributed by atoms with van der Waals surface area (Å²) in [5, 5.41) is 22.2. The van der Waals surface area contributed by atoms with Crippen LogP contribution in [0.1, 0.15) is 40.0 Å². The van der Waals surface area contributed by atoms with E-state index in [1.807, 2.05) is 6.92 Å². The molecule has 3 N–H and O–H groups in total. The fraction of sp³-hybridized carbons (Fsp3) is 0.900. The summed E-state index contributed by atoms with van der Waals surface area (Å²) in [5.41, 5.74) is -3.12. The van der Waals surface area contributed by atoms with Gasteiger partial charge < -0.3 is 15.5 Å². The third kappa shape index (κ3) is 2.69. The highest BCUT2D eigenvalue weighted by molar-refractivity contribution is 5.86. The Morgan fingerprint density at radius 3 is 2.14 bits per heavy atom. The number of unbranched alkanes of at least 4 members (excludes halogenated alkanes) is 1. The molecule has 0 bridgehead atoms. The Balaban J connectivity index is 4.76. The maximum atomic E-state index is 11.5. The second-order valence-electron chi connectivity index (χ2n) is 4.10. The molecule has 0 aliphatic rings. The number of amides is 1. The van der Waals surface area contributed by atoms with Gasteiger partial charge in [0.1, 0.15) is 0 Å². The molecule has 0 radical (unpaired) electrons. The molecular weight excluding hydrogens is 182 g/mol. The van der Waals surface area contributed by atoms with E-state index in [4.69, 9.17) is 0 Å². The molecule has 0 aromatic rings. The average molecular weight is 203 g/mol. The van der Waals surface area contributed by atoms with Crippen molar-refractivity contribution in [3.8, 4) is 0 Å². The summed E-state index contributed by atoms with van der Waals surface area (Å²) in [6, 6.07) is 0. The highest BCUT2D eigenvalue weighted by Crippen LogP contribution is 2.27. The van der Waals surface area contributed by atoms with Crippen molar-refractivity contribution in [1.82, 2.24) is 5.32 Å². The van der Waals surface area contributed by atoms with Crippen LogP contribution in [0.15, 0.2) is 0 Å². The number of nitrogens with one attached hydrogen (secondary N) is 1. The minimum Gasteiger partial charge on any atom is -0.387 e. The van der Waals surface area contributed by atoms with Crippen molar-refractivity contribution in [3.63, 3.8) is 0 Å². The first-order valence-electron chi connectivity index (χ1n) is 4.96. The second kappa shape index (κ2) is 4.75. The smallest absolute Gasteiger partial charge is 0.254 e. The van der Waals surface area contributed by atoms with Crippen LogP contribution in [-0.2, 0) is 4.79 Å². The van der Waals surface area contributed by atoms with E-state index in [-0.39, 0.29) is 6.42 Å². The molecule has 1 unspecified atom stereocenters. The minimum absolute atomic E-state index is 0.271. The van der Waals surface area contributed by atoms with Crippen LogP contribution in [0.5, 0.6) is 0 Å². The summed E-state index contributed by atoms with van der Waals surface area (Å²) in [6.45, 7) is 4.85. The molecule has 1 atom stereocenters. The first kappa shape index (κ1) is 13.4. The topological polar surface area (TPSA) is 69.6 Å². The van der Waals surface area contributed by atoms with Gasteiger partial charge in [-0.1, -0.05) is 19.8 Å². The van der Waals surface area contributed by atoms with Crippen LogP contribution in [0.3, 0.4) is 0 Å². The lowest BCUT2D eigenvalue weighted by Crippen LogP contribution is -2.59. The van der Waals surface area contributed by atoms with Crippen LogP contribution in [0.2, 0.25) is 0 Å². The standard InChI is InChI=1S/C10H21NO3/c1-5-6-7-10(14,8(12)11-4)9(2,3)13/h13-14H,5-7H2,1-4H3,(H,11,12). The van der Waals surface area contributed by atoms with E-state index in [2.05, 4.69) is 5.32 Å². The molecule has 0 fully saturated rings. The molecule has 0 saturated carbocycles. The van der Waals surface area contributed by atoms with E-state index in [9.17, 15) is 15.0 Å². The van der Waals surface area contributed by atoms with E-state index in [1.54, 1.807) is 0 Å². The predicted molar refractivity (Wildman–Crippen MR) is 54.8 cm³/mol. The highest BCUT2D eigenvalue weighted by Gasteiger charge is 2.47. The van der Waals surface area contributed by atoms with Crippen molar-refractivity contribution in [2.24, 2.45) is 0 Å². The third-order valence-electron chi connectivity index (χ3n) is 2.51. The molecule has 4 nitrogen and oxygen atoms in total. The number of carbonyl (C=O) groups excluding carboxylic acids is 1. The monoisotopic (exact) mass is 203 g/mol. The molecule has 0 aliphatic heterocycles. The molecule has 0 aromatic heterocycles. The first-order valence-corrected chi connectivity index (χ1v) is 4.96. The van der Waals surface area contributed by atoms with Gasteiger partial charge in [0, 0.05) is 7.05 Å². The summed E-state index contributed by atoms with van der Waals surface area (Å²) >= 11 is 0. The van der Waals surface area contributed by atoms with Crippen molar-refractivity contribution in [3.05, 3.63) is 0 Å². The Kier molecular flexibility index (Phi) is 4.55. The number of hydrogen-bond donors (Lipinski definition) is 3. The lowest BCUT2D eigenvalue weighted by Gasteiger charge is -2.37. The third-order valence-corrected chi connectivity index (χ3v) is 2.51. The highest BCUT2D eigenvalue weighted by atomic mass is 16.4. The second-order valence-corrected chi connectivity index (χ2v) is 4.10. The fourth-order valence-electron chi connectivity index (χ4n) is 1.34. The van der Waals surface area contributed by atoms with Crippen LogP contribution in [0, 0.1) is 0 Å². The summed E-state index contributed by atoms with van der Waals surface area (Å²) in [7, 11) is 1.45. The van der Waals surface area contributed by atoms with Crippen molar-refractivity contribution in [2.75, 3.05) is 7.05 Å².